The van der Waals surface area contributed by atoms with Gasteiger partial charge in [-0.05, 0) is 36.8 Å². The number of carbonyl (C=O) groups is 1. The zero-order valence-electron chi connectivity index (χ0n) is 18.5. The summed E-state index contributed by atoms with van der Waals surface area (Å²) in [5.41, 5.74) is 3.78. The number of hydrogen-bond donors (Lipinski definition) is 1. The normalized spacial score (nSPS) is 10.9. The first-order chi connectivity index (χ1) is 16.8. The van der Waals surface area contributed by atoms with Crippen LogP contribution in [0, 0.1) is 10.1 Å². The van der Waals surface area contributed by atoms with Crippen LogP contribution in [-0.2, 0) is 17.8 Å². The predicted molar refractivity (Wildman–Crippen MR) is 136 cm³/mol. The SMILES string of the molecule is CCOc1cc(/C=N/NC(=O)Cc2ccccc2[N+](=O)[O-])cc(Cl)c1OCc1ccc(Cl)cc1Cl. The van der Waals surface area contributed by atoms with E-state index in [0.717, 1.165) is 5.56 Å². The lowest BCUT2D eigenvalue weighted by Gasteiger charge is -2.15. The van der Waals surface area contributed by atoms with Crippen molar-refractivity contribution in [2.75, 3.05) is 6.61 Å². The standard InChI is InChI=1S/C24H20Cl3N3O5/c1-2-34-22-10-15(9-20(27)24(22)35-14-17-7-8-18(25)12-19(17)26)13-28-29-23(31)11-16-5-3-4-6-21(16)30(32)33/h3-10,12-13H,2,11,14H2,1H3,(H,29,31)/b28-13+. The van der Waals surface area contributed by atoms with Gasteiger partial charge >= 0.3 is 0 Å². The minimum Gasteiger partial charge on any atom is -0.490 e. The highest BCUT2D eigenvalue weighted by molar-refractivity contribution is 6.35. The topological polar surface area (TPSA) is 103 Å². The van der Waals surface area contributed by atoms with Gasteiger partial charge in [0, 0.05) is 27.2 Å². The van der Waals surface area contributed by atoms with Crippen molar-refractivity contribution in [3.63, 3.8) is 0 Å². The molecule has 1 N–H and O–H groups in total. The summed E-state index contributed by atoms with van der Waals surface area (Å²) in [5.74, 6) is 0.210. The minimum absolute atomic E-state index is 0.129. The van der Waals surface area contributed by atoms with E-state index >= 15 is 0 Å². The fourth-order valence-corrected chi connectivity index (χ4v) is 3.82. The number of hydrazone groups is 1. The Kier molecular flexibility index (Phi) is 9.31. The second kappa shape index (κ2) is 12.4. The summed E-state index contributed by atoms with van der Waals surface area (Å²) in [6.07, 6.45) is 1.19. The predicted octanol–water partition coefficient (Wildman–Crippen LogP) is 6.23. The molecule has 0 spiro atoms. The molecule has 0 heterocycles. The Balaban J connectivity index is 1.69. The number of ether oxygens (including phenoxy) is 2. The molecule has 0 aliphatic carbocycles. The van der Waals surface area contributed by atoms with Gasteiger partial charge in [-0.3, -0.25) is 14.9 Å². The first kappa shape index (κ1) is 26.3. The minimum atomic E-state index is -0.534. The highest BCUT2D eigenvalue weighted by atomic mass is 35.5. The van der Waals surface area contributed by atoms with Crippen molar-refractivity contribution in [1.29, 1.82) is 0 Å². The Morgan fingerprint density at radius 3 is 2.54 bits per heavy atom. The van der Waals surface area contributed by atoms with Crippen LogP contribution in [0.1, 0.15) is 23.6 Å². The van der Waals surface area contributed by atoms with E-state index in [1.807, 2.05) is 6.92 Å². The van der Waals surface area contributed by atoms with Crippen molar-refractivity contribution in [2.24, 2.45) is 5.10 Å². The summed E-state index contributed by atoms with van der Waals surface area (Å²) >= 11 is 18.6. The van der Waals surface area contributed by atoms with Gasteiger partial charge in [-0.2, -0.15) is 5.10 Å². The Labute approximate surface area is 216 Å². The molecule has 0 unspecified atom stereocenters. The molecule has 0 fully saturated rings. The van der Waals surface area contributed by atoms with Crippen molar-refractivity contribution >= 4 is 52.6 Å². The van der Waals surface area contributed by atoms with Crippen LogP contribution in [-0.4, -0.2) is 23.7 Å². The second-order valence-corrected chi connectivity index (χ2v) is 8.39. The van der Waals surface area contributed by atoms with Crippen LogP contribution in [0.25, 0.3) is 0 Å². The summed E-state index contributed by atoms with van der Waals surface area (Å²) < 4.78 is 11.5. The van der Waals surface area contributed by atoms with Gasteiger partial charge in [0.05, 0.1) is 29.2 Å². The lowest BCUT2D eigenvalue weighted by atomic mass is 10.1. The third-order valence-corrected chi connectivity index (χ3v) is 5.53. The maximum Gasteiger partial charge on any atom is 0.273 e. The number of rotatable bonds is 10. The lowest BCUT2D eigenvalue weighted by molar-refractivity contribution is -0.385. The molecule has 0 saturated heterocycles. The third-order valence-electron chi connectivity index (χ3n) is 4.66. The zero-order valence-corrected chi connectivity index (χ0v) is 20.7. The molecule has 182 valence electrons. The van der Waals surface area contributed by atoms with E-state index in [4.69, 9.17) is 44.3 Å². The number of nitrogens with one attached hydrogen (secondary N) is 1. The molecule has 0 saturated carbocycles. The molecule has 8 nitrogen and oxygen atoms in total. The van der Waals surface area contributed by atoms with E-state index in [0.29, 0.717) is 33.7 Å². The fourth-order valence-electron chi connectivity index (χ4n) is 3.08. The van der Waals surface area contributed by atoms with Gasteiger partial charge in [-0.15, -0.1) is 0 Å². The van der Waals surface area contributed by atoms with Gasteiger partial charge < -0.3 is 9.47 Å². The molecule has 35 heavy (non-hydrogen) atoms. The monoisotopic (exact) mass is 535 g/mol. The summed E-state index contributed by atoms with van der Waals surface area (Å²) in [5, 5.41) is 16.3. The Morgan fingerprint density at radius 1 is 1.06 bits per heavy atom. The first-order valence-corrected chi connectivity index (χ1v) is 11.5. The maximum atomic E-state index is 12.2. The zero-order chi connectivity index (χ0) is 25.4. The molecule has 3 rings (SSSR count). The van der Waals surface area contributed by atoms with Crippen LogP contribution in [0.4, 0.5) is 5.69 Å². The first-order valence-electron chi connectivity index (χ1n) is 10.4. The smallest absolute Gasteiger partial charge is 0.273 e. The summed E-state index contributed by atoms with van der Waals surface area (Å²) in [6, 6.07) is 14.4. The van der Waals surface area contributed by atoms with Gasteiger partial charge in [0.2, 0.25) is 5.91 Å². The van der Waals surface area contributed by atoms with Crippen LogP contribution < -0.4 is 14.9 Å². The maximum absolute atomic E-state index is 12.2. The van der Waals surface area contributed by atoms with E-state index < -0.39 is 10.8 Å². The van der Waals surface area contributed by atoms with Crippen molar-refractivity contribution in [3.8, 4) is 11.5 Å². The van der Waals surface area contributed by atoms with Crippen LogP contribution in [0.15, 0.2) is 59.7 Å². The number of nitro groups is 1. The average Bonchev–Trinajstić information content (AvgIpc) is 2.80. The number of nitro benzene ring substituents is 1. The van der Waals surface area contributed by atoms with Crippen LogP contribution in [0.3, 0.4) is 0 Å². The molecule has 0 aromatic heterocycles. The lowest BCUT2D eigenvalue weighted by Crippen LogP contribution is -2.20. The summed E-state index contributed by atoms with van der Waals surface area (Å²) in [7, 11) is 0. The van der Waals surface area contributed by atoms with Crippen molar-refractivity contribution in [3.05, 3.63) is 96.5 Å². The quantitative estimate of drug-likeness (QED) is 0.188. The molecule has 0 atom stereocenters. The van der Waals surface area contributed by atoms with Crippen LogP contribution in [0.5, 0.6) is 11.5 Å². The number of para-hydroxylation sites is 1. The molecular formula is C24H20Cl3N3O5. The molecule has 0 aliphatic rings. The molecule has 0 aliphatic heterocycles. The van der Waals surface area contributed by atoms with Gasteiger partial charge in [0.1, 0.15) is 6.61 Å². The summed E-state index contributed by atoms with van der Waals surface area (Å²) in [6.45, 7) is 2.32. The molecular weight excluding hydrogens is 517 g/mol. The Morgan fingerprint density at radius 2 is 1.83 bits per heavy atom. The number of hydrogen-bond acceptors (Lipinski definition) is 6. The fraction of sp³-hybridized carbons (Fsp3) is 0.167. The van der Waals surface area contributed by atoms with E-state index in [9.17, 15) is 14.9 Å². The van der Waals surface area contributed by atoms with Gasteiger partial charge in [-0.1, -0.05) is 59.1 Å². The average molecular weight is 537 g/mol. The van der Waals surface area contributed by atoms with Crippen molar-refractivity contribution < 1.29 is 19.2 Å². The van der Waals surface area contributed by atoms with Gasteiger partial charge in [0.25, 0.3) is 5.69 Å². The molecule has 0 bridgehead atoms. The Bertz CT molecular complexity index is 1270. The molecule has 0 radical (unpaired) electrons. The van der Waals surface area contributed by atoms with E-state index in [1.54, 1.807) is 36.4 Å². The number of amides is 1. The third kappa shape index (κ3) is 7.32. The molecule has 3 aromatic carbocycles. The van der Waals surface area contributed by atoms with E-state index in [-0.39, 0.29) is 29.3 Å². The van der Waals surface area contributed by atoms with Crippen LogP contribution >= 0.6 is 34.8 Å². The number of benzene rings is 3. The van der Waals surface area contributed by atoms with E-state index in [2.05, 4.69) is 10.5 Å². The van der Waals surface area contributed by atoms with Gasteiger partial charge in [0.15, 0.2) is 11.5 Å². The highest BCUT2D eigenvalue weighted by Crippen LogP contribution is 2.37. The van der Waals surface area contributed by atoms with Crippen molar-refractivity contribution in [1.82, 2.24) is 5.43 Å². The molecule has 3 aromatic rings. The number of carbonyl (C=O) groups excluding carboxylic acids is 1. The van der Waals surface area contributed by atoms with Gasteiger partial charge in [-0.25, -0.2) is 5.43 Å². The number of nitrogens with zero attached hydrogens (tertiary/aromatic N) is 2. The largest absolute Gasteiger partial charge is 0.490 e. The summed E-state index contributed by atoms with van der Waals surface area (Å²) in [4.78, 5) is 22.8. The molecule has 11 heteroatoms. The van der Waals surface area contributed by atoms with Crippen LogP contribution in [0.2, 0.25) is 15.1 Å². The number of halogens is 3. The molecule has 1 amide bonds. The van der Waals surface area contributed by atoms with E-state index in [1.165, 1.54) is 24.4 Å². The Hall–Kier alpha value is -3.33. The highest BCUT2D eigenvalue weighted by Gasteiger charge is 2.16. The second-order valence-electron chi connectivity index (χ2n) is 7.14. The van der Waals surface area contributed by atoms with Crippen molar-refractivity contribution in [2.45, 2.75) is 20.0 Å².